The summed E-state index contributed by atoms with van der Waals surface area (Å²) in [5, 5.41) is 15.3. The van der Waals surface area contributed by atoms with Crippen LogP contribution >= 0.6 is 11.8 Å². The van der Waals surface area contributed by atoms with Crippen LogP contribution in [0.2, 0.25) is 0 Å². The van der Waals surface area contributed by atoms with Crippen LogP contribution in [0.15, 0.2) is 6.07 Å². The first-order valence-corrected chi connectivity index (χ1v) is 6.96. The zero-order valence-electron chi connectivity index (χ0n) is 10.2. The Morgan fingerprint density at radius 2 is 2.44 bits per heavy atom. The van der Waals surface area contributed by atoms with Crippen LogP contribution < -0.4 is 0 Å². The smallest absolute Gasteiger partial charge is 0.0826 e. The van der Waals surface area contributed by atoms with E-state index in [1.807, 2.05) is 23.5 Å². The van der Waals surface area contributed by atoms with Crippen LogP contribution in [0, 0.1) is 0 Å². The van der Waals surface area contributed by atoms with Crippen molar-refractivity contribution >= 4 is 11.8 Å². The molecule has 1 saturated heterocycles. The van der Waals surface area contributed by atoms with Gasteiger partial charge >= 0.3 is 0 Å². The minimum Gasteiger partial charge on any atom is -0.388 e. The van der Waals surface area contributed by atoms with Crippen LogP contribution in [0.5, 0.6) is 0 Å². The monoisotopic (exact) mass is 240 g/mol. The quantitative estimate of drug-likeness (QED) is 0.875. The predicted octanol–water partition coefficient (Wildman–Crippen LogP) is 1.78. The lowest BCUT2D eigenvalue weighted by Gasteiger charge is -2.26. The Balaban J connectivity index is 2.16. The van der Waals surface area contributed by atoms with Crippen molar-refractivity contribution < 1.29 is 5.11 Å². The van der Waals surface area contributed by atoms with Gasteiger partial charge in [-0.3, -0.25) is 4.68 Å². The number of aryl methyl sites for hydroxylation is 2. The molecule has 2 rings (SSSR count). The lowest BCUT2D eigenvalue weighted by atomic mass is 9.91. The van der Waals surface area contributed by atoms with Gasteiger partial charge < -0.3 is 5.11 Å². The van der Waals surface area contributed by atoms with Crippen LogP contribution in [-0.4, -0.2) is 31.5 Å². The van der Waals surface area contributed by atoms with Gasteiger partial charge in [-0.1, -0.05) is 13.8 Å². The Kier molecular flexibility index (Phi) is 3.31. The van der Waals surface area contributed by atoms with E-state index in [1.165, 1.54) is 0 Å². The lowest BCUT2D eigenvalue weighted by Crippen LogP contribution is -2.37. The second-order valence-electron chi connectivity index (χ2n) is 4.65. The second kappa shape index (κ2) is 4.41. The van der Waals surface area contributed by atoms with Crippen molar-refractivity contribution in [2.45, 2.75) is 44.0 Å². The first-order chi connectivity index (χ1) is 7.55. The Morgan fingerprint density at radius 3 is 2.94 bits per heavy atom. The van der Waals surface area contributed by atoms with Gasteiger partial charge in [0.25, 0.3) is 0 Å². The van der Waals surface area contributed by atoms with Crippen LogP contribution in [0.4, 0.5) is 0 Å². The molecular weight excluding hydrogens is 220 g/mol. The molecule has 1 fully saturated rings. The molecular formula is C12H20N2OS. The van der Waals surface area contributed by atoms with Gasteiger partial charge in [0.05, 0.1) is 11.3 Å². The third-order valence-corrected chi connectivity index (χ3v) is 4.91. The van der Waals surface area contributed by atoms with E-state index in [9.17, 15) is 5.11 Å². The second-order valence-corrected chi connectivity index (χ2v) is 6.10. The number of hydrogen-bond donors (Lipinski definition) is 1. The fourth-order valence-corrected chi connectivity index (χ4v) is 3.56. The molecule has 1 N–H and O–H groups in total. The Hall–Kier alpha value is -0.480. The number of thioether (sulfide) groups is 1. The topological polar surface area (TPSA) is 38.0 Å². The molecule has 0 radical (unpaired) electrons. The van der Waals surface area contributed by atoms with Crippen molar-refractivity contribution in [3.8, 4) is 0 Å². The molecule has 1 aromatic heterocycles. The summed E-state index contributed by atoms with van der Waals surface area (Å²) in [5.74, 6) is 1.07. The molecule has 2 heterocycles. The van der Waals surface area contributed by atoms with E-state index in [-0.39, 0.29) is 0 Å². The molecule has 0 amide bonds. The van der Waals surface area contributed by atoms with Crippen molar-refractivity contribution in [3.05, 3.63) is 17.5 Å². The highest BCUT2D eigenvalue weighted by atomic mass is 32.2. The zero-order chi connectivity index (χ0) is 11.8. The first-order valence-electron chi connectivity index (χ1n) is 5.91. The van der Waals surface area contributed by atoms with E-state index in [4.69, 9.17) is 0 Å². The van der Waals surface area contributed by atoms with Crippen molar-refractivity contribution in [3.63, 3.8) is 0 Å². The summed E-state index contributed by atoms with van der Waals surface area (Å²) < 4.78 is 1.91. The number of rotatable bonds is 3. The van der Waals surface area contributed by atoms with E-state index in [0.717, 1.165) is 36.4 Å². The maximum Gasteiger partial charge on any atom is 0.0826 e. The normalized spacial score (nSPS) is 29.9. The summed E-state index contributed by atoms with van der Waals surface area (Å²) in [6, 6.07) is 2.12. The number of hydrogen-bond acceptors (Lipinski definition) is 3. The van der Waals surface area contributed by atoms with E-state index < -0.39 is 5.60 Å². The Bertz CT molecular complexity index is 377. The molecule has 4 heteroatoms. The zero-order valence-corrected chi connectivity index (χ0v) is 11.0. The molecule has 0 aliphatic carbocycles. The third kappa shape index (κ3) is 2.13. The van der Waals surface area contributed by atoms with Crippen LogP contribution in [0.25, 0.3) is 0 Å². The van der Waals surface area contributed by atoms with Gasteiger partial charge in [-0.05, 0) is 24.7 Å². The maximum atomic E-state index is 10.6. The summed E-state index contributed by atoms with van der Waals surface area (Å²) >= 11 is 1.86. The van der Waals surface area contributed by atoms with Crippen LogP contribution in [-0.2, 0) is 19.9 Å². The number of aliphatic hydroxyl groups is 1. The van der Waals surface area contributed by atoms with Crippen LogP contribution in [0.3, 0.4) is 0 Å². The van der Waals surface area contributed by atoms with E-state index >= 15 is 0 Å². The van der Waals surface area contributed by atoms with Crippen molar-refractivity contribution in [1.29, 1.82) is 0 Å². The Morgan fingerprint density at radius 1 is 1.69 bits per heavy atom. The lowest BCUT2D eigenvalue weighted by molar-refractivity contribution is 0.0446. The molecule has 2 atom stereocenters. The molecule has 90 valence electrons. The highest BCUT2D eigenvalue weighted by molar-refractivity contribution is 8.00. The SMILES string of the molecule is CCc1cc(CC2(O)CCSC2C)n(C)n1. The van der Waals surface area contributed by atoms with Gasteiger partial charge in [0.15, 0.2) is 0 Å². The highest BCUT2D eigenvalue weighted by Gasteiger charge is 2.39. The predicted molar refractivity (Wildman–Crippen MR) is 67.8 cm³/mol. The summed E-state index contributed by atoms with van der Waals surface area (Å²) in [5.41, 5.74) is 1.72. The van der Waals surface area contributed by atoms with Gasteiger partial charge in [-0.15, -0.1) is 0 Å². The third-order valence-electron chi connectivity index (χ3n) is 3.54. The van der Waals surface area contributed by atoms with E-state index in [1.54, 1.807) is 0 Å². The Labute approximate surface area is 101 Å². The average molecular weight is 240 g/mol. The summed E-state index contributed by atoms with van der Waals surface area (Å²) in [6.45, 7) is 4.23. The fraction of sp³-hybridized carbons (Fsp3) is 0.750. The average Bonchev–Trinajstić information content (AvgIpc) is 2.74. The molecule has 2 unspecified atom stereocenters. The fourth-order valence-electron chi connectivity index (χ4n) is 2.23. The number of aromatic nitrogens is 2. The molecule has 1 aliphatic heterocycles. The standard InChI is InChI=1S/C12H20N2OS/c1-4-10-7-11(14(3)13-10)8-12(15)5-6-16-9(12)2/h7,9,15H,4-6,8H2,1-3H3. The van der Waals surface area contributed by atoms with Gasteiger partial charge in [-0.25, -0.2) is 0 Å². The van der Waals surface area contributed by atoms with Crippen molar-refractivity contribution in [2.75, 3.05) is 5.75 Å². The van der Waals surface area contributed by atoms with E-state index in [0.29, 0.717) is 5.25 Å². The summed E-state index contributed by atoms with van der Waals surface area (Å²) in [7, 11) is 1.96. The highest BCUT2D eigenvalue weighted by Crippen LogP contribution is 2.37. The minimum atomic E-state index is -0.538. The molecule has 1 aromatic rings. The minimum absolute atomic E-state index is 0.326. The van der Waals surface area contributed by atoms with Gasteiger partial charge in [0.1, 0.15) is 0 Å². The maximum absolute atomic E-state index is 10.6. The van der Waals surface area contributed by atoms with Crippen molar-refractivity contribution in [1.82, 2.24) is 9.78 Å². The molecule has 0 spiro atoms. The molecule has 3 nitrogen and oxygen atoms in total. The largest absolute Gasteiger partial charge is 0.388 e. The summed E-state index contributed by atoms with van der Waals surface area (Å²) in [6.07, 6.45) is 2.58. The van der Waals surface area contributed by atoms with Gasteiger partial charge in [0, 0.05) is 24.4 Å². The molecule has 16 heavy (non-hydrogen) atoms. The first kappa shape index (κ1) is 12.0. The molecule has 0 bridgehead atoms. The van der Waals surface area contributed by atoms with E-state index in [2.05, 4.69) is 25.0 Å². The van der Waals surface area contributed by atoms with Crippen LogP contribution in [0.1, 0.15) is 31.7 Å². The number of nitrogens with zero attached hydrogens (tertiary/aromatic N) is 2. The van der Waals surface area contributed by atoms with Crippen molar-refractivity contribution in [2.24, 2.45) is 7.05 Å². The molecule has 0 aromatic carbocycles. The molecule has 1 aliphatic rings. The summed E-state index contributed by atoms with van der Waals surface area (Å²) in [4.78, 5) is 0. The van der Waals surface area contributed by atoms with Gasteiger partial charge in [-0.2, -0.15) is 16.9 Å². The molecule has 0 saturated carbocycles. The van der Waals surface area contributed by atoms with Gasteiger partial charge in [0.2, 0.25) is 0 Å².